The topological polar surface area (TPSA) is 78.9 Å². The molecule has 0 spiro atoms. The second-order valence-electron chi connectivity index (χ2n) is 6.59. The summed E-state index contributed by atoms with van der Waals surface area (Å²) in [6, 6.07) is 16.4. The van der Waals surface area contributed by atoms with Crippen LogP contribution < -0.4 is 14.4 Å². The van der Waals surface area contributed by atoms with Crippen molar-refractivity contribution < 1.29 is 18.3 Å². The van der Waals surface area contributed by atoms with Gasteiger partial charge in [0.05, 0.1) is 15.6 Å². The lowest BCUT2D eigenvalue weighted by Crippen LogP contribution is -2.21. The SMILES string of the molecule is CCN(CC)c1cccc(Oc2c(NS(=O)(=O)c3ccccc3)cc(Cl)c(O)c2Cl)c1. The van der Waals surface area contributed by atoms with Gasteiger partial charge in [0.1, 0.15) is 10.8 Å². The number of nitrogens with zero attached hydrogens (tertiary/aromatic N) is 1. The van der Waals surface area contributed by atoms with Gasteiger partial charge in [0.2, 0.25) is 0 Å². The summed E-state index contributed by atoms with van der Waals surface area (Å²) in [5.74, 6) is -0.0335. The van der Waals surface area contributed by atoms with Crippen LogP contribution in [0.2, 0.25) is 10.0 Å². The molecule has 0 heterocycles. The number of halogens is 2. The number of hydrogen-bond acceptors (Lipinski definition) is 5. The van der Waals surface area contributed by atoms with Crippen LogP contribution in [-0.2, 0) is 10.0 Å². The quantitative estimate of drug-likeness (QED) is 0.378. The largest absolute Gasteiger partial charge is 0.505 e. The van der Waals surface area contributed by atoms with Gasteiger partial charge in [-0.3, -0.25) is 4.72 Å². The van der Waals surface area contributed by atoms with Crippen LogP contribution in [0.4, 0.5) is 11.4 Å². The van der Waals surface area contributed by atoms with Crippen LogP contribution in [0.3, 0.4) is 0 Å². The first-order valence-corrected chi connectivity index (χ1v) is 11.8. The van der Waals surface area contributed by atoms with Gasteiger partial charge >= 0.3 is 0 Å². The van der Waals surface area contributed by atoms with E-state index < -0.39 is 15.8 Å². The summed E-state index contributed by atoms with van der Waals surface area (Å²) in [4.78, 5) is 2.19. The number of anilines is 2. The molecule has 6 nitrogen and oxygen atoms in total. The molecule has 3 aromatic carbocycles. The number of rotatable bonds is 8. The second-order valence-corrected chi connectivity index (χ2v) is 9.06. The number of sulfonamides is 1. The molecule has 31 heavy (non-hydrogen) atoms. The van der Waals surface area contributed by atoms with Gasteiger partial charge in [0, 0.05) is 24.8 Å². The van der Waals surface area contributed by atoms with Crippen LogP contribution in [0.1, 0.15) is 13.8 Å². The maximum Gasteiger partial charge on any atom is 0.262 e. The fourth-order valence-electron chi connectivity index (χ4n) is 3.02. The molecule has 0 radical (unpaired) electrons. The van der Waals surface area contributed by atoms with E-state index in [-0.39, 0.29) is 26.4 Å². The number of phenols is 1. The molecule has 0 bridgehead atoms. The van der Waals surface area contributed by atoms with E-state index in [1.54, 1.807) is 24.3 Å². The predicted octanol–water partition coefficient (Wildman–Crippen LogP) is 6.14. The van der Waals surface area contributed by atoms with Crippen LogP contribution in [0, 0.1) is 0 Å². The van der Waals surface area contributed by atoms with Crippen molar-refractivity contribution in [2.45, 2.75) is 18.7 Å². The summed E-state index contributed by atoms with van der Waals surface area (Å²) in [7, 11) is -3.94. The molecular weight excluding hydrogens is 459 g/mol. The molecule has 164 valence electrons. The lowest BCUT2D eigenvalue weighted by atomic mass is 10.2. The van der Waals surface area contributed by atoms with Gasteiger partial charge in [-0.25, -0.2) is 8.42 Å². The van der Waals surface area contributed by atoms with E-state index in [1.807, 2.05) is 32.0 Å². The van der Waals surface area contributed by atoms with Crippen molar-refractivity contribution in [1.82, 2.24) is 0 Å². The Bertz CT molecular complexity index is 1170. The van der Waals surface area contributed by atoms with Crippen molar-refractivity contribution in [2.24, 2.45) is 0 Å². The molecule has 0 atom stereocenters. The Hall–Kier alpha value is -2.61. The molecule has 0 fully saturated rings. The highest BCUT2D eigenvalue weighted by atomic mass is 35.5. The van der Waals surface area contributed by atoms with E-state index in [1.165, 1.54) is 18.2 Å². The van der Waals surface area contributed by atoms with Crippen molar-refractivity contribution in [1.29, 1.82) is 0 Å². The van der Waals surface area contributed by atoms with E-state index in [0.29, 0.717) is 5.75 Å². The maximum absolute atomic E-state index is 12.8. The van der Waals surface area contributed by atoms with Crippen molar-refractivity contribution in [3.63, 3.8) is 0 Å². The average molecular weight is 481 g/mol. The first-order valence-electron chi connectivity index (χ1n) is 9.58. The van der Waals surface area contributed by atoms with Crippen molar-refractivity contribution >= 4 is 44.6 Å². The molecule has 2 N–H and O–H groups in total. The second kappa shape index (κ2) is 9.68. The number of aromatic hydroxyl groups is 1. The molecular formula is C22H22Cl2N2O4S. The molecule has 0 aliphatic heterocycles. The van der Waals surface area contributed by atoms with Gasteiger partial charge in [0.25, 0.3) is 10.0 Å². The first-order chi connectivity index (χ1) is 14.8. The Kier molecular flexibility index (Phi) is 7.20. The number of ether oxygens (including phenoxy) is 1. The lowest BCUT2D eigenvalue weighted by Gasteiger charge is -2.22. The minimum Gasteiger partial charge on any atom is -0.505 e. The van der Waals surface area contributed by atoms with Crippen LogP contribution >= 0.6 is 23.2 Å². The monoisotopic (exact) mass is 480 g/mol. The molecule has 0 amide bonds. The Labute approximate surface area is 192 Å². The molecule has 0 aromatic heterocycles. The van der Waals surface area contributed by atoms with Gasteiger partial charge in [-0.1, -0.05) is 47.5 Å². The summed E-state index contributed by atoms with van der Waals surface area (Å²) < 4.78 is 34.0. The number of hydrogen-bond donors (Lipinski definition) is 2. The fourth-order valence-corrected chi connectivity index (χ4v) is 4.59. The van der Waals surface area contributed by atoms with E-state index in [2.05, 4.69) is 9.62 Å². The summed E-state index contributed by atoms with van der Waals surface area (Å²) in [6.07, 6.45) is 0. The third-order valence-corrected chi connectivity index (χ3v) is 6.63. The molecule has 3 rings (SSSR count). The van der Waals surface area contributed by atoms with Crippen LogP contribution in [-0.4, -0.2) is 26.6 Å². The highest BCUT2D eigenvalue weighted by Crippen LogP contribution is 2.47. The molecule has 9 heteroatoms. The lowest BCUT2D eigenvalue weighted by molar-refractivity contribution is 0.457. The third-order valence-electron chi connectivity index (χ3n) is 4.61. The zero-order valence-electron chi connectivity index (χ0n) is 17.0. The predicted molar refractivity (Wildman–Crippen MR) is 125 cm³/mol. The highest BCUT2D eigenvalue weighted by molar-refractivity contribution is 7.92. The van der Waals surface area contributed by atoms with Crippen LogP contribution in [0.25, 0.3) is 0 Å². The average Bonchev–Trinajstić information content (AvgIpc) is 2.77. The zero-order chi connectivity index (χ0) is 22.6. The van der Waals surface area contributed by atoms with Crippen molar-refractivity contribution in [3.05, 3.63) is 70.7 Å². The first kappa shape index (κ1) is 23.1. The zero-order valence-corrected chi connectivity index (χ0v) is 19.3. The highest BCUT2D eigenvalue weighted by Gasteiger charge is 2.23. The number of benzene rings is 3. The minimum absolute atomic E-state index is 0.00453. The van der Waals surface area contributed by atoms with Crippen molar-refractivity contribution in [3.8, 4) is 17.2 Å². The van der Waals surface area contributed by atoms with Gasteiger partial charge in [-0.15, -0.1) is 0 Å². The Morgan fingerprint density at radius 1 is 1.00 bits per heavy atom. The Morgan fingerprint density at radius 2 is 1.68 bits per heavy atom. The molecule has 3 aromatic rings. The van der Waals surface area contributed by atoms with E-state index in [9.17, 15) is 13.5 Å². The standard InChI is InChI=1S/C22H22Cl2N2O4S/c1-3-26(4-2)15-9-8-10-16(13-15)30-22-19(14-18(23)21(27)20(22)24)25-31(28,29)17-11-6-5-7-12-17/h5-14,25,27H,3-4H2,1-2H3. The summed E-state index contributed by atoms with van der Waals surface area (Å²) >= 11 is 12.3. The van der Waals surface area contributed by atoms with Crippen molar-refractivity contribution in [2.75, 3.05) is 22.7 Å². The molecule has 0 aliphatic rings. The third kappa shape index (κ3) is 5.18. The number of phenolic OH excluding ortho intramolecular Hbond substituents is 1. The van der Waals surface area contributed by atoms with Gasteiger partial charge in [-0.05, 0) is 44.2 Å². The van der Waals surface area contributed by atoms with E-state index in [4.69, 9.17) is 27.9 Å². The van der Waals surface area contributed by atoms with Crippen LogP contribution in [0.5, 0.6) is 17.2 Å². The Balaban J connectivity index is 2.03. The number of nitrogens with one attached hydrogen (secondary N) is 1. The van der Waals surface area contributed by atoms with Crippen LogP contribution in [0.15, 0.2) is 65.6 Å². The Morgan fingerprint density at radius 3 is 2.32 bits per heavy atom. The fraction of sp³-hybridized carbons (Fsp3) is 0.182. The molecule has 0 unspecified atom stereocenters. The maximum atomic E-state index is 12.8. The minimum atomic E-state index is -3.94. The summed E-state index contributed by atoms with van der Waals surface area (Å²) in [5, 5.41) is 9.88. The smallest absolute Gasteiger partial charge is 0.262 e. The van der Waals surface area contributed by atoms with E-state index in [0.717, 1.165) is 18.8 Å². The normalized spacial score (nSPS) is 11.2. The summed E-state index contributed by atoms with van der Waals surface area (Å²) in [5.41, 5.74) is 0.938. The van der Waals surface area contributed by atoms with Gasteiger partial charge < -0.3 is 14.7 Å². The van der Waals surface area contributed by atoms with E-state index >= 15 is 0 Å². The summed E-state index contributed by atoms with van der Waals surface area (Å²) in [6.45, 7) is 5.71. The molecule has 0 aliphatic carbocycles. The molecule has 0 saturated carbocycles. The van der Waals surface area contributed by atoms with Gasteiger partial charge in [0.15, 0.2) is 11.5 Å². The van der Waals surface area contributed by atoms with Gasteiger partial charge in [-0.2, -0.15) is 0 Å². The molecule has 0 saturated heterocycles.